The van der Waals surface area contributed by atoms with Crippen LogP contribution in [0.2, 0.25) is 0 Å². The summed E-state index contributed by atoms with van der Waals surface area (Å²) in [4.78, 5) is 0. The maximum absolute atomic E-state index is 8.45. The summed E-state index contributed by atoms with van der Waals surface area (Å²) in [6, 6.07) is 0. The summed E-state index contributed by atoms with van der Waals surface area (Å²) in [5, 5.41) is 25.4. The van der Waals surface area contributed by atoms with Crippen LogP contribution in [0.25, 0.3) is 0 Å². The minimum Gasteiger partial charge on any atom is -0.392 e. The van der Waals surface area contributed by atoms with Gasteiger partial charge in [0.25, 0.3) is 0 Å². The van der Waals surface area contributed by atoms with Gasteiger partial charge < -0.3 is 15.3 Å². The predicted molar refractivity (Wildman–Crippen MR) is 35.3 cm³/mol. The molecule has 0 rings (SSSR count). The van der Waals surface area contributed by atoms with Crippen LogP contribution in [0.1, 0.15) is 0 Å². The Morgan fingerprint density at radius 2 is 1.25 bits per heavy atom. The van der Waals surface area contributed by atoms with Crippen LogP contribution in [0.3, 0.4) is 0 Å². The van der Waals surface area contributed by atoms with Crippen molar-refractivity contribution in [3.8, 4) is 0 Å². The van der Waals surface area contributed by atoms with Gasteiger partial charge in [0.15, 0.2) is 0 Å². The molecule has 0 atom stereocenters. The smallest absolute Gasteiger partial charge is 0.0660 e. The Balaban J connectivity index is 3.79. The zero-order chi connectivity index (χ0) is 6.62. The van der Waals surface area contributed by atoms with Crippen molar-refractivity contribution in [3.05, 3.63) is 0 Å². The van der Waals surface area contributed by atoms with E-state index in [2.05, 4.69) is 6.30 Å². The van der Waals surface area contributed by atoms with E-state index >= 15 is 0 Å². The molecule has 0 bridgehead atoms. The fraction of sp³-hybridized carbons (Fsp3) is 0.750. The lowest BCUT2D eigenvalue weighted by molar-refractivity contribution is 0.318. The van der Waals surface area contributed by atoms with Gasteiger partial charge in [-0.2, -0.15) is 0 Å². The molecule has 8 heavy (non-hydrogen) atoms. The normalized spacial score (nSPS) is 11.9. The molecule has 3 nitrogen and oxygen atoms in total. The molecule has 0 saturated heterocycles. The molecule has 0 heterocycles. The van der Waals surface area contributed by atoms with Gasteiger partial charge in [0, 0.05) is 0 Å². The number of aliphatic hydroxyl groups excluding tert-OH is 3. The van der Waals surface area contributed by atoms with Gasteiger partial charge in [-0.15, -0.1) is 0 Å². The molecule has 0 aliphatic heterocycles. The molecule has 0 aromatic rings. The topological polar surface area (TPSA) is 60.7 Å². The standard InChI is InChI=1S/C4H11O3P/c1-8(2-5,3-6)4-7/h5-7H,1-4H2. The summed E-state index contributed by atoms with van der Waals surface area (Å²) < 4.78 is 0. The molecule has 0 aromatic carbocycles. The van der Waals surface area contributed by atoms with Crippen molar-refractivity contribution >= 4 is 13.2 Å². The third-order valence-corrected chi connectivity index (χ3v) is 2.70. The molecule has 0 saturated carbocycles. The molecule has 0 aliphatic carbocycles. The lowest BCUT2D eigenvalue weighted by Crippen LogP contribution is -1.97. The summed E-state index contributed by atoms with van der Waals surface area (Å²) >= 11 is 0. The van der Waals surface area contributed by atoms with Gasteiger partial charge in [-0.25, -0.2) is 0 Å². The van der Waals surface area contributed by atoms with E-state index in [1.807, 2.05) is 0 Å². The van der Waals surface area contributed by atoms with Crippen LogP contribution in [0.5, 0.6) is 0 Å². The van der Waals surface area contributed by atoms with Crippen molar-refractivity contribution in [1.29, 1.82) is 0 Å². The summed E-state index contributed by atoms with van der Waals surface area (Å²) in [6.07, 6.45) is 2.94. The van der Waals surface area contributed by atoms with Crippen molar-refractivity contribution in [2.24, 2.45) is 0 Å². The van der Waals surface area contributed by atoms with E-state index in [1.54, 1.807) is 0 Å². The summed E-state index contributed by atoms with van der Waals surface area (Å²) in [5.74, 6) is 0. The first-order chi connectivity index (χ1) is 3.68. The Morgan fingerprint density at radius 1 is 1.00 bits per heavy atom. The monoisotopic (exact) mass is 138 g/mol. The van der Waals surface area contributed by atoms with E-state index in [0.717, 1.165) is 0 Å². The van der Waals surface area contributed by atoms with Gasteiger partial charge in [-0.05, 0) is 6.89 Å². The summed E-state index contributed by atoms with van der Waals surface area (Å²) in [6.45, 7) is -2.00. The highest BCUT2D eigenvalue weighted by Crippen LogP contribution is 2.40. The van der Waals surface area contributed by atoms with Gasteiger partial charge in [-0.3, -0.25) is 0 Å². The Bertz CT molecular complexity index is 82.4. The van der Waals surface area contributed by atoms with Crippen molar-refractivity contribution in [2.75, 3.05) is 19.0 Å². The average Bonchev–Trinajstić information content (AvgIpc) is 1.87. The maximum atomic E-state index is 8.45. The predicted octanol–water partition coefficient (Wildman–Crippen LogP) is -0.715. The molecule has 0 unspecified atom stereocenters. The first-order valence-electron chi connectivity index (χ1n) is 2.21. The van der Waals surface area contributed by atoms with E-state index < -0.39 is 6.89 Å². The zero-order valence-corrected chi connectivity index (χ0v) is 5.51. The molecule has 0 spiro atoms. The Hall–Kier alpha value is 0.180. The highest BCUT2D eigenvalue weighted by molar-refractivity contribution is 7.73. The van der Waals surface area contributed by atoms with E-state index in [4.69, 9.17) is 15.3 Å². The number of aliphatic hydroxyl groups is 3. The average molecular weight is 138 g/mol. The van der Waals surface area contributed by atoms with Gasteiger partial charge in [0.1, 0.15) is 0 Å². The van der Waals surface area contributed by atoms with Crippen LogP contribution in [-0.2, 0) is 0 Å². The van der Waals surface area contributed by atoms with Gasteiger partial charge in [0.2, 0.25) is 0 Å². The lowest BCUT2D eigenvalue weighted by Gasteiger charge is -2.13. The Morgan fingerprint density at radius 3 is 1.25 bits per heavy atom. The molecule has 4 heteroatoms. The zero-order valence-electron chi connectivity index (χ0n) is 4.62. The molecule has 50 valence electrons. The molecule has 3 N–H and O–H groups in total. The highest BCUT2D eigenvalue weighted by atomic mass is 31.2. The van der Waals surface area contributed by atoms with E-state index in [0.29, 0.717) is 0 Å². The van der Waals surface area contributed by atoms with Crippen LogP contribution in [0.4, 0.5) is 0 Å². The minimum absolute atomic E-state index is 0.181. The van der Waals surface area contributed by atoms with E-state index in [-0.39, 0.29) is 19.0 Å². The SMILES string of the molecule is C=P(CO)(CO)CO. The van der Waals surface area contributed by atoms with Crippen molar-refractivity contribution in [2.45, 2.75) is 0 Å². The molecular weight excluding hydrogens is 127 g/mol. The quantitative estimate of drug-likeness (QED) is 0.451. The fourth-order valence-corrected chi connectivity index (χ4v) is 0.402. The van der Waals surface area contributed by atoms with Gasteiger partial charge >= 0.3 is 0 Å². The van der Waals surface area contributed by atoms with Crippen LogP contribution in [0, 0.1) is 0 Å². The largest absolute Gasteiger partial charge is 0.392 e. The number of rotatable bonds is 3. The molecule has 0 aromatic heterocycles. The second kappa shape index (κ2) is 3.25. The lowest BCUT2D eigenvalue weighted by atomic mass is 11.6. The van der Waals surface area contributed by atoms with Crippen LogP contribution >= 0.6 is 6.89 Å². The van der Waals surface area contributed by atoms with E-state index in [9.17, 15) is 0 Å². The number of hydrogen-bond donors (Lipinski definition) is 3. The third-order valence-electron chi connectivity index (χ3n) is 0.900. The molecule has 0 aliphatic rings. The van der Waals surface area contributed by atoms with Crippen LogP contribution < -0.4 is 0 Å². The van der Waals surface area contributed by atoms with E-state index in [1.165, 1.54) is 0 Å². The van der Waals surface area contributed by atoms with Crippen molar-refractivity contribution in [3.63, 3.8) is 0 Å². The molecular formula is C4H11O3P. The summed E-state index contributed by atoms with van der Waals surface area (Å²) in [5.41, 5.74) is 0. The van der Waals surface area contributed by atoms with Crippen LogP contribution in [-0.4, -0.2) is 40.7 Å². The number of hydrogen-bond acceptors (Lipinski definition) is 3. The fourth-order valence-electron chi connectivity index (χ4n) is 0.134. The second-order valence-corrected chi connectivity index (χ2v) is 5.30. The van der Waals surface area contributed by atoms with Crippen LogP contribution in [0.15, 0.2) is 0 Å². The molecule has 0 fully saturated rings. The maximum Gasteiger partial charge on any atom is 0.0660 e. The van der Waals surface area contributed by atoms with Crippen molar-refractivity contribution < 1.29 is 15.3 Å². The highest BCUT2D eigenvalue weighted by Gasteiger charge is 2.07. The van der Waals surface area contributed by atoms with Crippen molar-refractivity contribution in [1.82, 2.24) is 0 Å². The third kappa shape index (κ3) is 1.97. The first-order valence-corrected chi connectivity index (χ1v) is 4.74. The molecule has 0 radical (unpaired) electrons. The summed E-state index contributed by atoms with van der Waals surface area (Å²) in [7, 11) is 0. The van der Waals surface area contributed by atoms with Gasteiger partial charge in [-0.1, -0.05) is 6.30 Å². The van der Waals surface area contributed by atoms with Gasteiger partial charge in [0.05, 0.1) is 19.0 Å². The second-order valence-electron chi connectivity index (χ2n) is 1.77. The Kier molecular flexibility index (Phi) is 3.33. The minimum atomic E-state index is -2.00. The Labute approximate surface area is 48.6 Å². The molecule has 0 amide bonds. The first kappa shape index (κ1) is 8.18.